The number of benzene rings is 1. The van der Waals surface area contributed by atoms with Gasteiger partial charge in [-0.15, -0.1) is 0 Å². The van der Waals surface area contributed by atoms with Gasteiger partial charge in [0.25, 0.3) is 0 Å². The van der Waals surface area contributed by atoms with Gasteiger partial charge in [0.1, 0.15) is 11.6 Å². The standard InChI is InChI=1S/C22H31N5/c1-3-6-18-14-21(25-15(2)24-18)27-11-9-17(10-12-27)26-20-13-16-7-4-5-8-19(16)22(20)23/h4-5,7-8,14,17,20,22,26H,3,6,9-13,23H2,1-2H3/t20-,22-/m0/s1. The summed E-state index contributed by atoms with van der Waals surface area (Å²) < 4.78 is 0. The van der Waals surface area contributed by atoms with E-state index in [9.17, 15) is 0 Å². The minimum atomic E-state index is 0.111. The Morgan fingerprint density at radius 2 is 1.96 bits per heavy atom. The van der Waals surface area contributed by atoms with Crippen LogP contribution in [0.25, 0.3) is 0 Å². The normalized spacial score (nSPS) is 22.9. The van der Waals surface area contributed by atoms with Crippen LogP contribution in [0.3, 0.4) is 0 Å². The van der Waals surface area contributed by atoms with Crippen LogP contribution >= 0.6 is 0 Å². The number of rotatable bonds is 5. The van der Waals surface area contributed by atoms with Crippen LogP contribution in [0.5, 0.6) is 0 Å². The number of anilines is 1. The summed E-state index contributed by atoms with van der Waals surface area (Å²) >= 11 is 0. The lowest BCUT2D eigenvalue weighted by molar-refractivity contribution is 0.346. The highest BCUT2D eigenvalue weighted by molar-refractivity contribution is 5.41. The molecule has 1 aromatic heterocycles. The molecule has 1 fully saturated rings. The number of aryl methyl sites for hydroxylation is 2. The Hall–Kier alpha value is -1.98. The molecule has 0 saturated carbocycles. The summed E-state index contributed by atoms with van der Waals surface area (Å²) in [5, 5.41) is 3.85. The van der Waals surface area contributed by atoms with Crippen molar-refractivity contribution in [3.63, 3.8) is 0 Å². The van der Waals surface area contributed by atoms with E-state index in [2.05, 4.69) is 57.4 Å². The van der Waals surface area contributed by atoms with E-state index in [0.717, 1.165) is 62.5 Å². The van der Waals surface area contributed by atoms with Crippen molar-refractivity contribution in [2.24, 2.45) is 5.73 Å². The lowest BCUT2D eigenvalue weighted by Gasteiger charge is -2.35. The average molecular weight is 366 g/mol. The predicted octanol–water partition coefficient (Wildman–Crippen LogP) is 2.92. The van der Waals surface area contributed by atoms with Crippen LogP contribution < -0.4 is 16.0 Å². The van der Waals surface area contributed by atoms with E-state index in [-0.39, 0.29) is 6.04 Å². The summed E-state index contributed by atoms with van der Waals surface area (Å²) in [5.74, 6) is 1.97. The van der Waals surface area contributed by atoms with Gasteiger partial charge in [0.05, 0.1) is 0 Å². The Morgan fingerprint density at radius 3 is 2.70 bits per heavy atom. The lowest BCUT2D eigenvalue weighted by Crippen LogP contribution is -2.48. The minimum absolute atomic E-state index is 0.111. The van der Waals surface area contributed by atoms with E-state index in [4.69, 9.17) is 5.73 Å². The van der Waals surface area contributed by atoms with Gasteiger partial charge < -0.3 is 16.0 Å². The fraction of sp³-hybridized carbons (Fsp3) is 0.545. The predicted molar refractivity (Wildman–Crippen MR) is 110 cm³/mol. The number of hydrogen-bond donors (Lipinski definition) is 2. The topological polar surface area (TPSA) is 67.1 Å². The molecule has 2 heterocycles. The Labute approximate surface area is 162 Å². The van der Waals surface area contributed by atoms with E-state index in [1.165, 1.54) is 11.1 Å². The van der Waals surface area contributed by atoms with Crippen LogP contribution in [-0.4, -0.2) is 35.1 Å². The van der Waals surface area contributed by atoms with Crippen molar-refractivity contribution in [3.05, 3.63) is 53.0 Å². The third-order valence-electron chi connectivity index (χ3n) is 5.94. The van der Waals surface area contributed by atoms with Crippen LogP contribution in [0, 0.1) is 6.92 Å². The van der Waals surface area contributed by atoms with Crippen LogP contribution in [0.1, 0.15) is 54.9 Å². The summed E-state index contributed by atoms with van der Waals surface area (Å²) in [6.45, 7) is 6.26. The Bertz CT molecular complexity index is 782. The van der Waals surface area contributed by atoms with Crippen molar-refractivity contribution in [3.8, 4) is 0 Å². The molecule has 1 saturated heterocycles. The molecule has 0 spiro atoms. The zero-order valence-electron chi connectivity index (χ0n) is 16.5. The number of nitrogens with one attached hydrogen (secondary N) is 1. The van der Waals surface area contributed by atoms with E-state index in [0.29, 0.717) is 12.1 Å². The maximum Gasteiger partial charge on any atom is 0.132 e. The van der Waals surface area contributed by atoms with Gasteiger partial charge in [0.15, 0.2) is 0 Å². The van der Waals surface area contributed by atoms with E-state index in [1.807, 2.05) is 6.92 Å². The largest absolute Gasteiger partial charge is 0.356 e. The van der Waals surface area contributed by atoms with Gasteiger partial charge in [-0.05, 0) is 43.7 Å². The molecule has 2 atom stereocenters. The molecular weight excluding hydrogens is 334 g/mol. The first-order valence-electron chi connectivity index (χ1n) is 10.3. The summed E-state index contributed by atoms with van der Waals surface area (Å²) in [6, 6.07) is 11.8. The van der Waals surface area contributed by atoms with Gasteiger partial charge in [0.2, 0.25) is 0 Å². The van der Waals surface area contributed by atoms with Gasteiger partial charge in [-0.3, -0.25) is 0 Å². The molecule has 2 aromatic rings. The maximum absolute atomic E-state index is 6.50. The zero-order chi connectivity index (χ0) is 18.8. The van der Waals surface area contributed by atoms with Crippen molar-refractivity contribution in [1.82, 2.24) is 15.3 Å². The molecule has 1 aliphatic carbocycles. The number of fused-ring (bicyclic) bond motifs is 1. The number of nitrogens with zero attached hydrogens (tertiary/aromatic N) is 3. The van der Waals surface area contributed by atoms with Gasteiger partial charge >= 0.3 is 0 Å². The van der Waals surface area contributed by atoms with E-state index < -0.39 is 0 Å². The minimum Gasteiger partial charge on any atom is -0.356 e. The second-order valence-electron chi connectivity index (χ2n) is 7.98. The molecule has 5 nitrogen and oxygen atoms in total. The summed E-state index contributed by atoms with van der Waals surface area (Å²) in [5.41, 5.74) is 10.4. The smallest absolute Gasteiger partial charge is 0.132 e. The molecule has 0 radical (unpaired) electrons. The lowest BCUT2D eigenvalue weighted by atomic mass is 10.0. The highest BCUT2D eigenvalue weighted by Gasteiger charge is 2.32. The van der Waals surface area contributed by atoms with E-state index in [1.54, 1.807) is 0 Å². The van der Waals surface area contributed by atoms with Crippen molar-refractivity contribution in [2.45, 2.75) is 64.1 Å². The SMILES string of the molecule is CCCc1cc(N2CCC(N[C@H]3Cc4ccccc4[C@@H]3N)CC2)nc(C)n1. The van der Waals surface area contributed by atoms with Crippen molar-refractivity contribution in [1.29, 1.82) is 0 Å². The summed E-state index contributed by atoms with van der Waals surface area (Å²) in [7, 11) is 0. The molecule has 1 aromatic carbocycles. The molecule has 1 aliphatic heterocycles. The monoisotopic (exact) mass is 365 g/mol. The summed E-state index contributed by atoms with van der Waals surface area (Å²) in [4.78, 5) is 11.7. The third-order valence-corrected chi connectivity index (χ3v) is 5.94. The number of aromatic nitrogens is 2. The molecule has 144 valence electrons. The average Bonchev–Trinajstić information content (AvgIpc) is 2.98. The van der Waals surface area contributed by atoms with Gasteiger partial charge in [-0.1, -0.05) is 37.6 Å². The Balaban J connectivity index is 1.35. The fourth-order valence-electron chi connectivity index (χ4n) is 4.52. The number of nitrogens with two attached hydrogens (primary N) is 1. The Morgan fingerprint density at radius 1 is 1.19 bits per heavy atom. The van der Waals surface area contributed by atoms with Gasteiger partial charge in [0, 0.05) is 43.0 Å². The van der Waals surface area contributed by atoms with E-state index >= 15 is 0 Å². The maximum atomic E-state index is 6.50. The van der Waals surface area contributed by atoms with Crippen molar-refractivity contribution in [2.75, 3.05) is 18.0 Å². The first-order valence-corrected chi connectivity index (χ1v) is 10.3. The molecular formula is C22H31N5. The molecule has 0 amide bonds. The first kappa shape index (κ1) is 18.4. The van der Waals surface area contributed by atoms with Crippen molar-refractivity contribution >= 4 is 5.82 Å². The molecule has 3 N–H and O–H groups in total. The molecule has 4 rings (SSSR count). The van der Waals surface area contributed by atoms with Gasteiger partial charge in [-0.2, -0.15) is 0 Å². The highest BCUT2D eigenvalue weighted by atomic mass is 15.2. The Kier molecular flexibility index (Phi) is 5.41. The third kappa shape index (κ3) is 3.99. The van der Waals surface area contributed by atoms with Crippen LogP contribution in [-0.2, 0) is 12.8 Å². The second kappa shape index (κ2) is 7.95. The summed E-state index contributed by atoms with van der Waals surface area (Å²) in [6.07, 6.45) is 5.45. The first-order chi connectivity index (χ1) is 13.1. The molecule has 0 bridgehead atoms. The fourth-order valence-corrected chi connectivity index (χ4v) is 4.52. The quantitative estimate of drug-likeness (QED) is 0.853. The van der Waals surface area contributed by atoms with Gasteiger partial charge in [-0.25, -0.2) is 9.97 Å². The van der Waals surface area contributed by atoms with Crippen molar-refractivity contribution < 1.29 is 0 Å². The number of piperidine rings is 1. The van der Waals surface area contributed by atoms with Crippen LogP contribution in [0.2, 0.25) is 0 Å². The molecule has 5 heteroatoms. The van der Waals surface area contributed by atoms with Crippen LogP contribution in [0.4, 0.5) is 5.82 Å². The second-order valence-corrected chi connectivity index (χ2v) is 7.98. The highest BCUT2D eigenvalue weighted by Crippen LogP contribution is 2.30. The zero-order valence-corrected chi connectivity index (χ0v) is 16.5. The molecule has 27 heavy (non-hydrogen) atoms. The number of hydrogen-bond acceptors (Lipinski definition) is 5. The molecule has 0 unspecified atom stereocenters. The van der Waals surface area contributed by atoms with Crippen LogP contribution in [0.15, 0.2) is 30.3 Å². The molecule has 2 aliphatic rings.